The molecule has 1 rings (SSSR count). The van der Waals surface area contributed by atoms with E-state index >= 15 is 0 Å². The molecule has 2 unspecified atom stereocenters. The molecule has 0 amide bonds. The van der Waals surface area contributed by atoms with Crippen molar-refractivity contribution in [3.05, 3.63) is 35.4 Å². The normalized spacial score (nSPS) is 14.6. The summed E-state index contributed by atoms with van der Waals surface area (Å²) in [7, 11) is 0. The molecule has 0 aromatic heterocycles. The highest BCUT2D eigenvalue weighted by atomic mass is 16.4. The fourth-order valence-electron chi connectivity index (χ4n) is 1.33. The van der Waals surface area contributed by atoms with Gasteiger partial charge in [-0.3, -0.25) is 4.79 Å². The van der Waals surface area contributed by atoms with Crippen molar-refractivity contribution in [3.63, 3.8) is 0 Å². The summed E-state index contributed by atoms with van der Waals surface area (Å²) in [5.41, 5.74) is 6.09. The van der Waals surface area contributed by atoms with Gasteiger partial charge in [0.1, 0.15) is 12.1 Å². The van der Waals surface area contributed by atoms with E-state index in [0.29, 0.717) is 11.1 Å². The van der Waals surface area contributed by atoms with Crippen molar-refractivity contribution < 1.29 is 20.1 Å². The van der Waals surface area contributed by atoms with Gasteiger partial charge in [-0.05, 0) is 11.1 Å². The topological polar surface area (TPSA) is 104 Å². The monoisotopic (exact) mass is 211 g/mol. The van der Waals surface area contributed by atoms with Crippen LogP contribution in [0.2, 0.25) is 0 Å². The Kier molecular flexibility index (Phi) is 3.79. The van der Waals surface area contributed by atoms with E-state index in [1.165, 1.54) is 6.07 Å². The molecule has 0 bridgehead atoms. The molecule has 0 aliphatic rings. The average Bonchev–Trinajstić information content (AvgIpc) is 2.27. The molecule has 0 fully saturated rings. The molecule has 0 aliphatic heterocycles. The van der Waals surface area contributed by atoms with Crippen molar-refractivity contribution >= 4 is 5.97 Å². The van der Waals surface area contributed by atoms with Crippen LogP contribution < -0.4 is 5.73 Å². The lowest BCUT2D eigenvalue weighted by atomic mass is 9.97. The summed E-state index contributed by atoms with van der Waals surface area (Å²) < 4.78 is 0. The van der Waals surface area contributed by atoms with Gasteiger partial charge in [-0.25, -0.2) is 0 Å². The van der Waals surface area contributed by atoms with E-state index < -0.39 is 24.7 Å². The molecule has 2 atom stereocenters. The van der Waals surface area contributed by atoms with Gasteiger partial charge >= 0.3 is 5.97 Å². The van der Waals surface area contributed by atoms with E-state index in [-0.39, 0.29) is 0 Å². The summed E-state index contributed by atoms with van der Waals surface area (Å²) in [6.07, 6.45) is -1.11. The lowest BCUT2D eigenvalue weighted by Gasteiger charge is -2.15. The molecule has 5 heteroatoms. The van der Waals surface area contributed by atoms with Gasteiger partial charge in [0, 0.05) is 0 Å². The third-order valence-electron chi connectivity index (χ3n) is 2.13. The number of carboxylic acids is 1. The summed E-state index contributed by atoms with van der Waals surface area (Å²) in [4.78, 5) is 10.7. The molecule has 5 nitrogen and oxygen atoms in total. The van der Waals surface area contributed by atoms with Crippen LogP contribution in [-0.4, -0.2) is 27.9 Å². The number of hydrogen-bond donors (Lipinski definition) is 4. The third-order valence-corrected chi connectivity index (χ3v) is 2.13. The summed E-state index contributed by atoms with van der Waals surface area (Å²) in [6, 6.07) is 5.15. The highest BCUT2D eigenvalue weighted by Crippen LogP contribution is 2.22. The molecule has 0 spiro atoms. The molecular weight excluding hydrogens is 198 g/mol. The van der Waals surface area contributed by atoms with Crippen molar-refractivity contribution in [2.24, 2.45) is 5.73 Å². The van der Waals surface area contributed by atoms with Gasteiger partial charge in [-0.2, -0.15) is 0 Å². The Morgan fingerprint density at radius 2 is 1.87 bits per heavy atom. The number of carboxylic acid groups (broad SMARTS) is 1. The average molecular weight is 211 g/mol. The minimum Gasteiger partial charge on any atom is -0.480 e. The predicted molar refractivity (Wildman–Crippen MR) is 53.1 cm³/mol. The second-order valence-corrected chi connectivity index (χ2v) is 3.14. The Hall–Kier alpha value is -1.43. The number of aliphatic hydroxyl groups excluding tert-OH is 2. The van der Waals surface area contributed by atoms with E-state index in [2.05, 4.69) is 0 Å². The minimum absolute atomic E-state index is 0.312. The van der Waals surface area contributed by atoms with Crippen molar-refractivity contribution in [3.8, 4) is 0 Å². The van der Waals surface area contributed by atoms with Crippen LogP contribution in [0, 0.1) is 0 Å². The first kappa shape index (κ1) is 11.6. The van der Waals surface area contributed by atoms with Crippen LogP contribution in [-0.2, 0) is 4.79 Å². The van der Waals surface area contributed by atoms with Crippen molar-refractivity contribution in [2.45, 2.75) is 12.1 Å². The lowest BCUT2D eigenvalue weighted by Crippen LogP contribution is -2.23. The number of benzene rings is 1. The first-order valence-electron chi connectivity index (χ1n) is 4.44. The van der Waals surface area contributed by atoms with Gasteiger partial charge in [0.05, 0.1) is 6.61 Å². The standard InChI is InChI=1S/C10H13NO4/c11-9(10(14)15)7-4-2-1-3-6(7)8(13)5-12/h1-4,8-9,12-13H,5,11H2,(H,14,15). The van der Waals surface area contributed by atoms with E-state index in [0.717, 1.165) is 0 Å². The largest absolute Gasteiger partial charge is 0.480 e. The van der Waals surface area contributed by atoms with Gasteiger partial charge in [-0.15, -0.1) is 0 Å². The summed E-state index contributed by atoms with van der Waals surface area (Å²) in [5.74, 6) is -1.17. The number of hydrogen-bond acceptors (Lipinski definition) is 4. The Morgan fingerprint density at radius 3 is 2.33 bits per heavy atom. The molecule has 0 radical (unpaired) electrons. The van der Waals surface area contributed by atoms with Crippen LogP contribution in [0.3, 0.4) is 0 Å². The zero-order valence-corrected chi connectivity index (χ0v) is 8.00. The van der Waals surface area contributed by atoms with Gasteiger partial charge in [0.25, 0.3) is 0 Å². The number of aliphatic carboxylic acids is 1. The molecule has 0 saturated heterocycles. The van der Waals surface area contributed by atoms with Crippen LogP contribution in [0.5, 0.6) is 0 Å². The van der Waals surface area contributed by atoms with Gasteiger partial charge in [0.15, 0.2) is 0 Å². The second-order valence-electron chi connectivity index (χ2n) is 3.14. The van der Waals surface area contributed by atoms with Gasteiger partial charge in [0.2, 0.25) is 0 Å². The quantitative estimate of drug-likeness (QED) is 0.552. The van der Waals surface area contributed by atoms with Crippen LogP contribution >= 0.6 is 0 Å². The smallest absolute Gasteiger partial charge is 0.325 e. The predicted octanol–water partition coefficient (Wildman–Crippen LogP) is -0.203. The Bertz CT molecular complexity index is 353. The second kappa shape index (κ2) is 4.88. The highest BCUT2D eigenvalue weighted by Gasteiger charge is 2.20. The van der Waals surface area contributed by atoms with E-state index in [1.54, 1.807) is 18.2 Å². The summed E-state index contributed by atoms with van der Waals surface area (Å²) in [5, 5.41) is 27.0. The van der Waals surface area contributed by atoms with E-state index in [9.17, 15) is 9.90 Å². The first-order valence-corrected chi connectivity index (χ1v) is 4.44. The Labute approximate surface area is 86.8 Å². The van der Waals surface area contributed by atoms with Gasteiger partial charge < -0.3 is 21.1 Å². The van der Waals surface area contributed by atoms with Crippen molar-refractivity contribution in [1.29, 1.82) is 0 Å². The van der Waals surface area contributed by atoms with Gasteiger partial charge in [-0.1, -0.05) is 24.3 Å². The molecule has 0 aliphatic carbocycles. The lowest BCUT2D eigenvalue weighted by molar-refractivity contribution is -0.138. The van der Waals surface area contributed by atoms with E-state index in [4.69, 9.17) is 15.9 Å². The zero-order valence-electron chi connectivity index (χ0n) is 8.00. The summed E-state index contributed by atoms with van der Waals surface area (Å²) in [6.45, 7) is -0.469. The minimum atomic E-state index is -1.19. The number of aliphatic hydroxyl groups is 2. The fraction of sp³-hybridized carbons (Fsp3) is 0.300. The number of rotatable bonds is 4. The van der Waals surface area contributed by atoms with Crippen molar-refractivity contribution in [1.82, 2.24) is 0 Å². The maximum Gasteiger partial charge on any atom is 0.325 e. The van der Waals surface area contributed by atoms with Crippen LogP contribution in [0.1, 0.15) is 23.3 Å². The number of nitrogens with two attached hydrogens (primary N) is 1. The SMILES string of the molecule is NC(C(=O)O)c1ccccc1C(O)CO. The van der Waals surface area contributed by atoms with Crippen LogP contribution in [0.4, 0.5) is 0 Å². The van der Waals surface area contributed by atoms with Crippen LogP contribution in [0.25, 0.3) is 0 Å². The Morgan fingerprint density at radius 1 is 1.33 bits per heavy atom. The molecule has 0 heterocycles. The van der Waals surface area contributed by atoms with Crippen LogP contribution in [0.15, 0.2) is 24.3 Å². The highest BCUT2D eigenvalue weighted by molar-refractivity contribution is 5.75. The molecule has 15 heavy (non-hydrogen) atoms. The molecule has 0 saturated carbocycles. The maximum atomic E-state index is 10.7. The molecule has 1 aromatic rings. The summed E-state index contributed by atoms with van der Waals surface area (Å²) >= 11 is 0. The molecule has 5 N–H and O–H groups in total. The zero-order chi connectivity index (χ0) is 11.4. The first-order chi connectivity index (χ1) is 7.07. The molecular formula is C10H13NO4. The Balaban J connectivity index is 3.11. The fourth-order valence-corrected chi connectivity index (χ4v) is 1.33. The van der Waals surface area contributed by atoms with E-state index in [1.807, 2.05) is 0 Å². The molecule has 1 aromatic carbocycles. The molecule has 82 valence electrons. The third kappa shape index (κ3) is 2.53. The number of carbonyl (C=O) groups is 1. The van der Waals surface area contributed by atoms with Crippen molar-refractivity contribution in [2.75, 3.05) is 6.61 Å². The maximum absolute atomic E-state index is 10.7.